The second-order valence-electron chi connectivity index (χ2n) is 6.62. The lowest BCUT2D eigenvalue weighted by Gasteiger charge is -2.26. The maximum absolute atomic E-state index is 12.4. The van der Waals surface area contributed by atoms with Crippen molar-refractivity contribution in [2.75, 3.05) is 38.5 Å². The third kappa shape index (κ3) is 3.91. The number of para-hydroxylation sites is 1. The van der Waals surface area contributed by atoms with Crippen LogP contribution in [0.1, 0.15) is 24.8 Å². The Labute approximate surface area is 137 Å². The van der Waals surface area contributed by atoms with Crippen LogP contribution < -0.4 is 5.32 Å². The molecule has 1 aromatic carbocycles. The molecule has 0 radical (unpaired) electrons. The van der Waals surface area contributed by atoms with Crippen molar-refractivity contribution in [2.24, 2.45) is 5.92 Å². The Morgan fingerprint density at radius 2 is 2.04 bits per heavy atom. The third-order valence-corrected chi connectivity index (χ3v) is 4.89. The van der Waals surface area contributed by atoms with E-state index in [0.29, 0.717) is 12.8 Å². The first-order valence-electron chi connectivity index (χ1n) is 8.48. The van der Waals surface area contributed by atoms with Gasteiger partial charge in [0.15, 0.2) is 0 Å². The van der Waals surface area contributed by atoms with Gasteiger partial charge in [0.05, 0.1) is 0 Å². The SMILES string of the molecule is CN1CCCN(C(=O)CCC2Cc3ccccc3NC2=O)CC1. The molecule has 0 aromatic heterocycles. The van der Waals surface area contributed by atoms with Gasteiger partial charge in [-0.1, -0.05) is 18.2 Å². The van der Waals surface area contributed by atoms with Crippen LogP contribution in [0.4, 0.5) is 5.69 Å². The molecule has 1 unspecified atom stereocenters. The lowest BCUT2D eigenvalue weighted by Crippen LogP contribution is -2.36. The minimum Gasteiger partial charge on any atom is -0.341 e. The zero-order valence-electron chi connectivity index (χ0n) is 13.8. The summed E-state index contributed by atoms with van der Waals surface area (Å²) in [4.78, 5) is 28.8. The summed E-state index contributed by atoms with van der Waals surface area (Å²) in [5, 5.41) is 2.96. The van der Waals surface area contributed by atoms with E-state index >= 15 is 0 Å². The Morgan fingerprint density at radius 3 is 2.91 bits per heavy atom. The number of hydrogen-bond acceptors (Lipinski definition) is 3. The monoisotopic (exact) mass is 315 g/mol. The average Bonchev–Trinajstić information content (AvgIpc) is 2.77. The fourth-order valence-electron chi connectivity index (χ4n) is 3.40. The smallest absolute Gasteiger partial charge is 0.227 e. The molecule has 1 saturated heterocycles. The summed E-state index contributed by atoms with van der Waals surface area (Å²) in [6.45, 7) is 3.62. The molecule has 0 bridgehead atoms. The molecule has 3 rings (SSSR count). The highest BCUT2D eigenvalue weighted by atomic mass is 16.2. The average molecular weight is 315 g/mol. The number of rotatable bonds is 3. The Balaban J connectivity index is 1.54. The van der Waals surface area contributed by atoms with Crippen LogP contribution in [-0.4, -0.2) is 54.8 Å². The molecule has 0 aliphatic carbocycles. The van der Waals surface area contributed by atoms with Gasteiger partial charge < -0.3 is 15.1 Å². The molecular formula is C18H25N3O2. The fourth-order valence-corrected chi connectivity index (χ4v) is 3.40. The van der Waals surface area contributed by atoms with Crippen LogP contribution in [0.3, 0.4) is 0 Å². The van der Waals surface area contributed by atoms with Crippen molar-refractivity contribution in [1.82, 2.24) is 9.80 Å². The number of fused-ring (bicyclic) bond motifs is 1. The molecule has 2 heterocycles. The molecular weight excluding hydrogens is 290 g/mol. The maximum atomic E-state index is 12.4. The van der Waals surface area contributed by atoms with Crippen LogP contribution in [0, 0.1) is 5.92 Å². The molecule has 2 aliphatic heterocycles. The number of benzene rings is 1. The molecule has 0 spiro atoms. The highest BCUT2D eigenvalue weighted by molar-refractivity contribution is 5.96. The molecule has 5 heteroatoms. The lowest BCUT2D eigenvalue weighted by atomic mass is 9.89. The van der Waals surface area contributed by atoms with Gasteiger partial charge in [-0.15, -0.1) is 0 Å². The van der Waals surface area contributed by atoms with Gasteiger partial charge in [0, 0.05) is 37.7 Å². The van der Waals surface area contributed by atoms with Crippen molar-refractivity contribution < 1.29 is 9.59 Å². The number of likely N-dealkylation sites (N-methyl/N-ethyl adjacent to an activating group) is 1. The van der Waals surface area contributed by atoms with Crippen molar-refractivity contribution in [1.29, 1.82) is 0 Å². The van der Waals surface area contributed by atoms with E-state index in [1.807, 2.05) is 29.2 Å². The summed E-state index contributed by atoms with van der Waals surface area (Å²) < 4.78 is 0. The first-order chi connectivity index (χ1) is 11.1. The van der Waals surface area contributed by atoms with Gasteiger partial charge in [0.1, 0.15) is 0 Å². The number of amides is 2. The highest BCUT2D eigenvalue weighted by Crippen LogP contribution is 2.27. The first-order valence-corrected chi connectivity index (χ1v) is 8.48. The molecule has 124 valence electrons. The summed E-state index contributed by atoms with van der Waals surface area (Å²) in [6.07, 6.45) is 2.85. The Kier molecular flexibility index (Phi) is 4.96. The number of nitrogens with one attached hydrogen (secondary N) is 1. The van der Waals surface area contributed by atoms with Gasteiger partial charge in [-0.25, -0.2) is 0 Å². The van der Waals surface area contributed by atoms with Gasteiger partial charge in [0.25, 0.3) is 0 Å². The van der Waals surface area contributed by atoms with Crippen LogP contribution >= 0.6 is 0 Å². The standard InChI is InChI=1S/C18H25N3O2/c1-20-9-4-10-21(12-11-20)17(22)8-7-15-13-14-5-2-3-6-16(14)19-18(15)23/h2-3,5-6,15H,4,7-13H2,1H3,(H,19,23). The highest BCUT2D eigenvalue weighted by Gasteiger charge is 2.27. The number of anilines is 1. The van der Waals surface area contributed by atoms with E-state index in [0.717, 1.165) is 44.7 Å². The maximum Gasteiger partial charge on any atom is 0.227 e. The van der Waals surface area contributed by atoms with Crippen molar-refractivity contribution in [2.45, 2.75) is 25.7 Å². The van der Waals surface area contributed by atoms with Crippen LogP contribution in [0.2, 0.25) is 0 Å². The minimum absolute atomic E-state index is 0.0482. The van der Waals surface area contributed by atoms with E-state index in [1.165, 1.54) is 5.56 Å². The van der Waals surface area contributed by atoms with E-state index in [2.05, 4.69) is 17.3 Å². The van der Waals surface area contributed by atoms with Crippen LogP contribution in [0.15, 0.2) is 24.3 Å². The summed E-state index contributed by atoms with van der Waals surface area (Å²) >= 11 is 0. The summed E-state index contributed by atoms with van der Waals surface area (Å²) in [5.41, 5.74) is 2.08. The predicted octanol–water partition coefficient (Wildman–Crippen LogP) is 1.74. The van der Waals surface area contributed by atoms with E-state index < -0.39 is 0 Å². The van der Waals surface area contributed by atoms with Gasteiger partial charge in [-0.3, -0.25) is 9.59 Å². The topological polar surface area (TPSA) is 52.6 Å². The molecule has 1 aromatic rings. The molecule has 0 saturated carbocycles. The number of carbonyl (C=O) groups is 2. The fraction of sp³-hybridized carbons (Fsp3) is 0.556. The Morgan fingerprint density at radius 1 is 1.22 bits per heavy atom. The van der Waals surface area contributed by atoms with Crippen molar-refractivity contribution >= 4 is 17.5 Å². The minimum atomic E-state index is -0.0940. The normalized spacial score (nSPS) is 22.2. The zero-order chi connectivity index (χ0) is 16.2. The van der Waals surface area contributed by atoms with Gasteiger partial charge in [-0.05, 0) is 44.5 Å². The van der Waals surface area contributed by atoms with Gasteiger partial charge in [0.2, 0.25) is 11.8 Å². The molecule has 23 heavy (non-hydrogen) atoms. The van der Waals surface area contributed by atoms with Crippen LogP contribution in [0.25, 0.3) is 0 Å². The quantitative estimate of drug-likeness (QED) is 0.924. The Hall–Kier alpha value is -1.88. The van der Waals surface area contributed by atoms with Gasteiger partial charge in [-0.2, -0.15) is 0 Å². The summed E-state index contributed by atoms with van der Waals surface area (Å²) in [6, 6.07) is 7.90. The summed E-state index contributed by atoms with van der Waals surface area (Å²) in [5.74, 6) is 0.141. The molecule has 5 nitrogen and oxygen atoms in total. The molecule has 1 atom stereocenters. The first kappa shape index (κ1) is 16.0. The van der Waals surface area contributed by atoms with Crippen molar-refractivity contribution in [3.05, 3.63) is 29.8 Å². The third-order valence-electron chi connectivity index (χ3n) is 4.89. The number of carbonyl (C=O) groups excluding carboxylic acids is 2. The Bertz CT molecular complexity index is 587. The predicted molar refractivity (Wildman–Crippen MR) is 90.2 cm³/mol. The molecule has 1 fully saturated rings. The van der Waals surface area contributed by atoms with Crippen LogP contribution in [0.5, 0.6) is 0 Å². The van der Waals surface area contributed by atoms with Gasteiger partial charge >= 0.3 is 0 Å². The molecule has 2 amide bonds. The van der Waals surface area contributed by atoms with E-state index in [1.54, 1.807) is 0 Å². The summed E-state index contributed by atoms with van der Waals surface area (Å²) in [7, 11) is 2.10. The second-order valence-corrected chi connectivity index (χ2v) is 6.62. The number of nitrogens with zero attached hydrogens (tertiary/aromatic N) is 2. The second kappa shape index (κ2) is 7.13. The van der Waals surface area contributed by atoms with Crippen molar-refractivity contribution in [3.63, 3.8) is 0 Å². The van der Waals surface area contributed by atoms with E-state index in [9.17, 15) is 9.59 Å². The molecule has 2 aliphatic rings. The lowest BCUT2D eigenvalue weighted by molar-refractivity contribution is -0.131. The van der Waals surface area contributed by atoms with Crippen molar-refractivity contribution in [3.8, 4) is 0 Å². The largest absolute Gasteiger partial charge is 0.341 e. The number of hydrogen-bond donors (Lipinski definition) is 1. The van der Waals surface area contributed by atoms with E-state index in [4.69, 9.17) is 0 Å². The zero-order valence-corrected chi connectivity index (χ0v) is 13.8. The van der Waals surface area contributed by atoms with Crippen LogP contribution in [-0.2, 0) is 16.0 Å². The molecule has 1 N–H and O–H groups in total. The van der Waals surface area contributed by atoms with E-state index in [-0.39, 0.29) is 17.7 Å².